The van der Waals surface area contributed by atoms with Crippen LogP contribution < -0.4 is 9.47 Å². The highest BCUT2D eigenvalue weighted by Gasteiger charge is 2.50. The van der Waals surface area contributed by atoms with Gasteiger partial charge in [-0.1, -0.05) is 12.1 Å². The van der Waals surface area contributed by atoms with E-state index in [9.17, 15) is 8.42 Å². The molecule has 3 atom stereocenters. The number of benzene rings is 1. The summed E-state index contributed by atoms with van der Waals surface area (Å²) in [4.78, 5) is 0. The van der Waals surface area contributed by atoms with Gasteiger partial charge in [0.15, 0.2) is 0 Å². The number of ether oxygens (including phenoxy) is 2. The first kappa shape index (κ1) is 16.3. The first-order valence-electron chi connectivity index (χ1n) is 7.94. The van der Waals surface area contributed by atoms with Gasteiger partial charge in [-0.05, 0) is 37.3 Å². The van der Waals surface area contributed by atoms with E-state index in [-0.39, 0.29) is 17.8 Å². The zero-order valence-corrected chi connectivity index (χ0v) is 14.2. The van der Waals surface area contributed by atoms with Crippen LogP contribution >= 0.6 is 0 Å². The van der Waals surface area contributed by atoms with E-state index in [0.29, 0.717) is 18.3 Å². The molecule has 1 aromatic carbocycles. The van der Waals surface area contributed by atoms with Crippen LogP contribution in [0.15, 0.2) is 36.9 Å². The molecule has 0 amide bonds. The van der Waals surface area contributed by atoms with E-state index >= 15 is 0 Å². The third-order valence-electron chi connectivity index (χ3n) is 4.79. The van der Waals surface area contributed by atoms with Crippen molar-refractivity contribution in [2.45, 2.75) is 31.3 Å². The van der Waals surface area contributed by atoms with Crippen molar-refractivity contribution in [1.29, 1.82) is 0 Å². The zero-order chi connectivity index (χ0) is 16.4. The number of piperidine rings is 1. The molecule has 6 heteroatoms. The molecule has 2 fully saturated rings. The second-order valence-corrected chi connectivity index (χ2v) is 8.10. The Bertz CT molecular complexity index is 673. The highest BCUT2D eigenvalue weighted by Crippen LogP contribution is 2.44. The van der Waals surface area contributed by atoms with Gasteiger partial charge >= 0.3 is 0 Å². The third kappa shape index (κ3) is 3.23. The fourth-order valence-corrected chi connectivity index (χ4v) is 5.56. The molecule has 1 aromatic rings. The quantitative estimate of drug-likeness (QED) is 0.717. The van der Waals surface area contributed by atoms with Crippen molar-refractivity contribution in [1.82, 2.24) is 4.31 Å². The fraction of sp³-hybridized carbons (Fsp3) is 0.529. The smallest absolute Gasteiger partial charge is 0.218 e. The third-order valence-corrected chi connectivity index (χ3v) is 6.66. The maximum atomic E-state index is 12.5. The number of methoxy groups -OCH3 is 1. The Balaban J connectivity index is 1.73. The average Bonchev–Trinajstić information content (AvgIpc) is 3.14. The standard InChI is InChI=1S/C17H23NO4S/c1-3-9-23(19,20)18-14-8-7-13(10-14)17(18)12-22-16-6-4-5-15(11-16)21-2/h3-6,11,13-14,17H,1,7-10,12H2,2H3/t13-,14+,17+/m1/s1. The molecule has 0 unspecified atom stereocenters. The summed E-state index contributed by atoms with van der Waals surface area (Å²) in [6.07, 6.45) is 4.44. The molecule has 0 radical (unpaired) electrons. The second-order valence-electron chi connectivity index (χ2n) is 6.18. The summed E-state index contributed by atoms with van der Waals surface area (Å²) in [6.45, 7) is 3.95. The summed E-state index contributed by atoms with van der Waals surface area (Å²) in [5.41, 5.74) is 0. The molecule has 2 bridgehead atoms. The van der Waals surface area contributed by atoms with Crippen molar-refractivity contribution in [3.05, 3.63) is 36.9 Å². The monoisotopic (exact) mass is 337 g/mol. The molecule has 1 heterocycles. The van der Waals surface area contributed by atoms with Crippen molar-refractivity contribution < 1.29 is 17.9 Å². The van der Waals surface area contributed by atoms with E-state index in [4.69, 9.17) is 9.47 Å². The van der Waals surface area contributed by atoms with Gasteiger partial charge in [-0.3, -0.25) is 0 Å². The molecule has 1 aliphatic carbocycles. The Morgan fingerprint density at radius 1 is 1.35 bits per heavy atom. The summed E-state index contributed by atoms with van der Waals surface area (Å²) < 4.78 is 37.8. The maximum absolute atomic E-state index is 12.5. The lowest BCUT2D eigenvalue weighted by Gasteiger charge is -2.33. The lowest BCUT2D eigenvalue weighted by molar-refractivity contribution is 0.162. The molecular weight excluding hydrogens is 314 g/mol. The van der Waals surface area contributed by atoms with Crippen LogP contribution in [0.25, 0.3) is 0 Å². The summed E-state index contributed by atoms with van der Waals surface area (Å²) in [7, 11) is -1.69. The molecule has 0 aromatic heterocycles. The topological polar surface area (TPSA) is 55.8 Å². The predicted octanol–water partition coefficient (Wildman–Crippen LogP) is 2.44. The summed E-state index contributed by atoms with van der Waals surface area (Å²) in [5, 5.41) is 0. The van der Waals surface area contributed by atoms with Gasteiger partial charge in [0.05, 0.1) is 18.9 Å². The molecule has 0 N–H and O–H groups in total. The highest BCUT2D eigenvalue weighted by atomic mass is 32.2. The molecule has 0 spiro atoms. The first-order valence-corrected chi connectivity index (χ1v) is 9.55. The van der Waals surface area contributed by atoms with Gasteiger partial charge in [-0.15, -0.1) is 6.58 Å². The minimum atomic E-state index is -3.30. The SMILES string of the molecule is C=CCS(=O)(=O)N1[C@H]2CC[C@H](C2)[C@@H]1COc1cccc(OC)c1. The van der Waals surface area contributed by atoms with Crippen LogP contribution in [0.1, 0.15) is 19.3 Å². The molecule has 23 heavy (non-hydrogen) atoms. The predicted molar refractivity (Wildman–Crippen MR) is 89.2 cm³/mol. The molecule has 1 saturated heterocycles. The summed E-state index contributed by atoms with van der Waals surface area (Å²) in [6, 6.07) is 7.44. The lowest BCUT2D eigenvalue weighted by atomic mass is 10.0. The van der Waals surface area contributed by atoms with Crippen molar-refractivity contribution in [3.8, 4) is 11.5 Å². The van der Waals surface area contributed by atoms with Gasteiger partial charge in [0.1, 0.15) is 18.1 Å². The van der Waals surface area contributed by atoms with Gasteiger partial charge in [-0.2, -0.15) is 4.31 Å². The minimum absolute atomic E-state index is 0.00806. The van der Waals surface area contributed by atoms with E-state index in [1.54, 1.807) is 11.4 Å². The fourth-order valence-electron chi connectivity index (χ4n) is 3.80. The maximum Gasteiger partial charge on any atom is 0.218 e. The van der Waals surface area contributed by atoms with Crippen LogP contribution in [-0.2, 0) is 10.0 Å². The summed E-state index contributed by atoms with van der Waals surface area (Å²) >= 11 is 0. The van der Waals surface area contributed by atoms with Crippen LogP contribution in [-0.4, -0.2) is 44.3 Å². The largest absolute Gasteiger partial charge is 0.497 e. The number of nitrogens with zero attached hydrogens (tertiary/aromatic N) is 1. The van der Waals surface area contributed by atoms with Crippen molar-refractivity contribution in [3.63, 3.8) is 0 Å². The van der Waals surface area contributed by atoms with Crippen LogP contribution in [0.2, 0.25) is 0 Å². The van der Waals surface area contributed by atoms with Gasteiger partial charge in [0, 0.05) is 12.1 Å². The Hall–Kier alpha value is -1.53. The Labute approximate surface area is 137 Å². The Morgan fingerprint density at radius 3 is 2.87 bits per heavy atom. The molecule has 1 aliphatic heterocycles. The van der Waals surface area contributed by atoms with E-state index in [1.165, 1.54) is 6.08 Å². The minimum Gasteiger partial charge on any atom is -0.497 e. The Kier molecular flexibility index (Phi) is 4.64. The molecule has 2 aliphatic rings. The molecule has 126 valence electrons. The van der Waals surface area contributed by atoms with Gasteiger partial charge in [0.2, 0.25) is 10.0 Å². The van der Waals surface area contributed by atoms with E-state index in [2.05, 4.69) is 6.58 Å². The van der Waals surface area contributed by atoms with E-state index < -0.39 is 10.0 Å². The highest BCUT2D eigenvalue weighted by molar-refractivity contribution is 7.89. The lowest BCUT2D eigenvalue weighted by Crippen LogP contribution is -2.48. The number of sulfonamides is 1. The number of hydrogen-bond donors (Lipinski definition) is 0. The number of hydrogen-bond acceptors (Lipinski definition) is 4. The van der Waals surface area contributed by atoms with Crippen LogP contribution in [0.4, 0.5) is 0 Å². The normalized spacial score (nSPS) is 27.1. The van der Waals surface area contributed by atoms with Crippen molar-refractivity contribution in [2.24, 2.45) is 5.92 Å². The second kappa shape index (κ2) is 6.53. The molecule has 1 saturated carbocycles. The number of rotatable bonds is 7. The van der Waals surface area contributed by atoms with Gasteiger partial charge in [-0.25, -0.2) is 8.42 Å². The van der Waals surface area contributed by atoms with Gasteiger partial charge < -0.3 is 9.47 Å². The Morgan fingerprint density at radius 2 is 2.13 bits per heavy atom. The summed E-state index contributed by atoms with van der Waals surface area (Å²) in [5.74, 6) is 1.82. The first-order chi connectivity index (χ1) is 11.0. The zero-order valence-electron chi connectivity index (χ0n) is 13.3. The average molecular weight is 337 g/mol. The van der Waals surface area contributed by atoms with Crippen LogP contribution in [0.5, 0.6) is 11.5 Å². The van der Waals surface area contributed by atoms with Gasteiger partial charge in [0.25, 0.3) is 0 Å². The molecular formula is C17H23NO4S. The van der Waals surface area contributed by atoms with E-state index in [1.807, 2.05) is 24.3 Å². The van der Waals surface area contributed by atoms with Crippen LogP contribution in [0.3, 0.4) is 0 Å². The van der Waals surface area contributed by atoms with Crippen LogP contribution in [0, 0.1) is 5.92 Å². The van der Waals surface area contributed by atoms with Crippen molar-refractivity contribution in [2.75, 3.05) is 19.5 Å². The van der Waals surface area contributed by atoms with E-state index in [0.717, 1.165) is 25.0 Å². The van der Waals surface area contributed by atoms with Crippen molar-refractivity contribution >= 4 is 10.0 Å². The number of fused-ring (bicyclic) bond motifs is 2. The molecule has 5 nitrogen and oxygen atoms in total. The molecule has 3 rings (SSSR count).